The predicted molar refractivity (Wildman–Crippen MR) is 76.7 cm³/mol. The third-order valence-corrected chi connectivity index (χ3v) is 3.45. The van der Waals surface area contributed by atoms with Gasteiger partial charge in [0.05, 0.1) is 0 Å². The van der Waals surface area contributed by atoms with Gasteiger partial charge in [-0.1, -0.05) is 43.2 Å². The summed E-state index contributed by atoms with van der Waals surface area (Å²) in [5, 5.41) is 0. The number of aliphatic imine (C=N–C) groups is 1. The number of benzene rings is 1. The van der Waals surface area contributed by atoms with Gasteiger partial charge in [0.2, 0.25) is 0 Å². The Kier molecular flexibility index (Phi) is 5.06. The van der Waals surface area contributed by atoms with Crippen molar-refractivity contribution in [2.45, 2.75) is 32.1 Å². The van der Waals surface area contributed by atoms with Crippen molar-refractivity contribution in [2.24, 2.45) is 10.7 Å². The van der Waals surface area contributed by atoms with Crippen LogP contribution in [-0.2, 0) is 6.42 Å². The third-order valence-electron chi connectivity index (χ3n) is 3.45. The smallest absolute Gasteiger partial charge is 0.191 e. The average Bonchev–Trinajstić information content (AvgIpc) is 2.69. The molecular weight excluding hydrogens is 222 g/mol. The summed E-state index contributed by atoms with van der Waals surface area (Å²) in [6, 6.07) is 10.4. The zero-order chi connectivity index (χ0) is 12.6. The maximum atomic E-state index is 6.06. The number of hydrogen-bond acceptors (Lipinski definition) is 1. The highest BCUT2D eigenvalue weighted by atomic mass is 15.2. The standard InChI is InChI=1S/C15H23N3/c16-15(18-12-6-1-2-7-13-18)17-11-10-14-8-4-3-5-9-14/h3-5,8-9H,1-2,6-7,10-13H2,(H2,16,17). The van der Waals surface area contributed by atoms with Crippen LogP contribution in [0, 0.1) is 0 Å². The molecule has 0 spiro atoms. The zero-order valence-electron chi connectivity index (χ0n) is 11.0. The Morgan fingerprint density at radius 2 is 1.72 bits per heavy atom. The first-order chi connectivity index (χ1) is 8.86. The molecule has 1 aromatic carbocycles. The Bertz CT molecular complexity index is 365. The minimum Gasteiger partial charge on any atom is -0.370 e. The van der Waals surface area contributed by atoms with E-state index in [0.29, 0.717) is 0 Å². The highest BCUT2D eigenvalue weighted by Crippen LogP contribution is 2.09. The molecule has 0 aromatic heterocycles. The molecule has 0 atom stereocenters. The first kappa shape index (κ1) is 12.9. The van der Waals surface area contributed by atoms with Gasteiger partial charge in [-0.25, -0.2) is 0 Å². The molecule has 0 amide bonds. The summed E-state index contributed by atoms with van der Waals surface area (Å²) in [6.45, 7) is 2.92. The van der Waals surface area contributed by atoms with E-state index in [1.165, 1.54) is 31.2 Å². The normalized spacial score (nSPS) is 17.6. The van der Waals surface area contributed by atoms with Crippen molar-refractivity contribution in [3.63, 3.8) is 0 Å². The van der Waals surface area contributed by atoms with Crippen molar-refractivity contribution in [2.75, 3.05) is 19.6 Å². The molecule has 18 heavy (non-hydrogen) atoms. The van der Waals surface area contributed by atoms with Crippen LogP contribution in [0.5, 0.6) is 0 Å². The van der Waals surface area contributed by atoms with Crippen LogP contribution in [-0.4, -0.2) is 30.5 Å². The van der Waals surface area contributed by atoms with E-state index in [2.05, 4.69) is 34.2 Å². The molecule has 0 saturated carbocycles. The fraction of sp³-hybridized carbons (Fsp3) is 0.533. The molecule has 2 N–H and O–H groups in total. The van der Waals surface area contributed by atoms with Gasteiger partial charge < -0.3 is 10.6 Å². The van der Waals surface area contributed by atoms with Gasteiger partial charge in [-0.3, -0.25) is 4.99 Å². The van der Waals surface area contributed by atoms with Gasteiger partial charge in [-0.15, -0.1) is 0 Å². The molecule has 98 valence electrons. The summed E-state index contributed by atoms with van der Waals surface area (Å²) in [4.78, 5) is 6.74. The molecule has 1 aliphatic heterocycles. The van der Waals surface area contributed by atoms with Crippen LogP contribution in [0.4, 0.5) is 0 Å². The van der Waals surface area contributed by atoms with Crippen molar-refractivity contribution >= 4 is 5.96 Å². The van der Waals surface area contributed by atoms with E-state index in [4.69, 9.17) is 5.73 Å². The summed E-state index contributed by atoms with van der Waals surface area (Å²) >= 11 is 0. The molecule has 3 heteroatoms. The second kappa shape index (κ2) is 7.04. The molecule has 0 bridgehead atoms. The Morgan fingerprint density at radius 3 is 2.39 bits per heavy atom. The second-order valence-corrected chi connectivity index (χ2v) is 4.88. The largest absolute Gasteiger partial charge is 0.370 e. The van der Waals surface area contributed by atoms with Gasteiger partial charge in [0.1, 0.15) is 0 Å². The molecule has 0 radical (unpaired) electrons. The van der Waals surface area contributed by atoms with E-state index in [1.807, 2.05) is 6.07 Å². The highest BCUT2D eigenvalue weighted by molar-refractivity contribution is 5.78. The lowest BCUT2D eigenvalue weighted by Crippen LogP contribution is -2.38. The maximum Gasteiger partial charge on any atom is 0.191 e. The molecule has 1 heterocycles. The SMILES string of the molecule is NC(=NCCc1ccccc1)N1CCCCCC1. The summed E-state index contributed by atoms with van der Waals surface area (Å²) in [7, 11) is 0. The van der Waals surface area contributed by atoms with Crippen LogP contribution in [0.25, 0.3) is 0 Å². The number of nitrogens with two attached hydrogens (primary N) is 1. The third kappa shape index (κ3) is 4.06. The fourth-order valence-corrected chi connectivity index (χ4v) is 2.34. The summed E-state index contributed by atoms with van der Waals surface area (Å²) in [5.41, 5.74) is 7.38. The van der Waals surface area contributed by atoms with Crippen LogP contribution in [0.2, 0.25) is 0 Å². The lowest BCUT2D eigenvalue weighted by atomic mass is 10.2. The van der Waals surface area contributed by atoms with Crippen molar-refractivity contribution in [3.8, 4) is 0 Å². The molecule has 1 fully saturated rings. The second-order valence-electron chi connectivity index (χ2n) is 4.88. The van der Waals surface area contributed by atoms with E-state index in [-0.39, 0.29) is 0 Å². The lowest BCUT2D eigenvalue weighted by molar-refractivity contribution is 0.428. The molecule has 1 aliphatic rings. The molecule has 3 nitrogen and oxygen atoms in total. The van der Waals surface area contributed by atoms with Crippen LogP contribution < -0.4 is 5.73 Å². The van der Waals surface area contributed by atoms with E-state index in [0.717, 1.165) is 32.0 Å². The van der Waals surface area contributed by atoms with Crippen molar-refractivity contribution in [3.05, 3.63) is 35.9 Å². The number of rotatable bonds is 3. The summed E-state index contributed by atoms with van der Waals surface area (Å²) in [6.07, 6.45) is 6.11. The Labute approximate surface area is 110 Å². The van der Waals surface area contributed by atoms with Crippen LogP contribution >= 0.6 is 0 Å². The minimum absolute atomic E-state index is 0.729. The van der Waals surface area contributed by atoms with Crippen molar-refractivity contribution in [1.82, 2.24) is 4.90 Å². The van der Waals surface area contributed by atoms with Gasteiger partial charge in [0.25, 0.3) is 0 Å². The van der Waals surface area contributed by atoms with Crippen LogP contribution in [0.3, 0.4) is 0 Å². The van der Waals surface area contributed by atoms with Gasteiger partial charge in [-0.2, -0.15) is 0 Å². The van der Waals surface area contributed by atoms with Crippen LogP contribution in [0.1, 0.15) is 31.2 Å². The van der Waals surface area contributed by atoms with Crippen LogP contribution in [0.15, 0.2) is 35.3 Å². The van der Waals surface area contributed by atoms with E-state index < -0.39 is 0 Å². The number of hydrogen-bond donors (Lipinski definition) is 1. The number of nitrogens with zero attached hydrogens (tertiary/aromatic N) is 2. The van der Waals surface area contributed by atoms with E-state index >= 15 is 0 Å². The zero-order valence-corrected chi connectivity index (χ0v) is 11.0. The Morgan fingerprint density at radius 1 is 1.06 bits per heavy atom. The predicted octanol–water partition coefficient (Wildman–Crippen LogP) is 2.42. The van der Waals surface area contributed by atoms with Crippen molar-refractivity contribution in [1.29, 1.82) is 0 Å². The summed E-state index contributed by atoms with van der Waals surface area (Å²) in [5.74, 6) is 0.729. The fourth-order valence-electron chi connectivity index (χ4n) is 2.34. The quantitative estimate of drug-likeness (QED) is 0.656. The van der Waals surface area contributed by atoms with Gasteiger partial charge in [-0.05, 0) is 24.8 Å². The minimum atomic E-state index is 0.729. The number of likely N-dealkylation sites (tertiary alicyclic amines) is 1. The van der Waals surface area contributed by atoms with E-state index in [9.17, 15) is 0 Å². The van der Waals surface area contributed by atoms with Gasteiger partial charge >= 0.3 is 0 Å². The number of guanidine groups is 1. The molecule has 0 aliphatic carbocycles. The van der Waals surface area contributed by atoms with Gasteiger partial charge in [0.15, 0.2) is 5.96 Å². The van der Waals surface area contributed by atoms with E-state index in [1.54, 1.807) is 0 Å². The highest BCUT2D eigenvalue weighted by Gasteiger charge is 2.10. The lowest BCUT2D eigenvalue weighted by Gasteiger charge is -2.21. The monoisotopic (exact) mass is 245 g/mol. The average molecular weight is 245 g/mol. The topological polar surface area (TPSA) is 41.6 Å². The molecule has 1 aromatic rings. The Balaban J connectivity index is 1.81. The molecule has 1 saturated heterocycles. The first-order valence-electron chi connectivity index (χ1n) is 6.95. The summed E-state index contributed by atoms with van der Waals surface area (Å²) < 4.78 is 0. The molecule has 2 rings (SSSR count). The first-order valence-corrected chi connectivity index (χ1v) is 6.95. The van der Waals surface area contributed by atoms with Gasteiger partial charge in [0, 0.05) is 19.6 Å². The maximum absolute atomic E-state index is 6.06. The molecule has 0 unspecified atom stereocenters. The van der Waals surface area contributed by atoms with Crippen molar-refractivity contribution < 1.29 is 0 Å². The Hall–Kier alpha value is -1.51. The molecular formula is C15H23N3.